The monoisotopic (exact) mass is 522 g/mol. The number of anilines is 3. The number of nitrogens with zero attached hydrogens (tertiary/aromatic N) is 3. The predicted octanol–water partition coefficient (Wildman–Crippen LogP) is 3.33. The molecule has 2 unspecified atom stereocenters. The molecular weight excluding hydrogens is 492 g/mol. The van der Waals surface area contributed by atoms with Crippen molar-refractivity contribution >= 4 is 29.2 Å². The van der Waals surface area contributed by atoms with Gasteiger partial charge in [0.05, 0.1) is 17.2 Å². The molecule has 1 amide bonds. The highest BCUT2D eigenvalue weighted by molar-refractivity contribution is 6.00. The number of nitrogens with two attached hydrogens (primary N) is 3. The van der Waals surface area contributed by atoms with Gasteiger partial charge in [-0.15, -0.1) is 0 Å². The number of alkyl halides is 3. The number of rotatable bonds is 5. The quantitative estimate of drug-likeness (QED) is 0.174. The lowest BCUT2D eigenvalue weighted by molar-refractivity contribution is -0.156. The molecule has 1 aromatic heterocycles. The van der Waals surface area contributed by atoms with E-state index in [0.29, 0.717) is 0 Å². The largest absolute Gasteiger partial charge is 0.408 e. The van der Waals surface area contributed by atoms with Crippen molar-refractivity contribution in [1.82, 2.24) is 15.3 Å². The van der Waals surface area contributed by atoms with E-state index in [-0.39, 0.29) is 65.6 Å². The number of hydrogen-bond donors (Lipinski definition) is 5. The number of amides is 1. The molecule has 1 saturated carbocycles. The zero-order valence-corrected chi connectivity index (χ0v) is 20.1. The molecule has 4 rings (SSSR count). The Kier molecular flexibility index (Phi) is 7.42. The minimum absolute atomic E-state index is 0.0367. The first-order valence-electron chi connectivity index (χ1n) is 12.2. The SMILES string of the molecule is N=C(N)c1c(N)cc(-c2cc(N3CC(C(=O)NC4CCCCC4)CCC3C(F)(F)F)nc(N)n2)cc1F. The van der Waals surface area contributed by atoms with Gasteiger partial charge < -0.3 is 27.4 Å². The Morgan fingerprint density at radius 3 is 2.38 bits per heavy atom. The highest BCUT2D eigenvalue weighted by Crippen LogP contribution is 2.38. The number of benzene rings is 1. The maximum Gasteiger partial charge on any atom is 0.408 e. The van der Waals surface area contributed by atoms with E-state index in [2.05, 4.69) is 15.3 Å². The van der Waals surface area contributed by atoms with Gasteiger partial charge in [-0.3, -0.25) is 10.2 Å². The second-order valence-corrected chi connectivity index (χ2v) is 9.63. The van der Waals surface area contributed by atoms with Crippen LogP contribution in [0, 0.1) is 17.1 Å². The molecule has 2 heterocycles. The lowest BCUT2D eigenvalue weighted by Gasteiger charge is -2.41. The number of carbonyl (C=O) groups excluding carboxylic acids is 1. The van der Waals surface area contributed by atoms with Crippen molar-refractivity contribution in [2.45, 2.75) is 63.2 Å². The minimum Gasteiger partial charge on any atom is -0.398 e. The normalized spacial score (nSPS) is 21.0. The van der Waals surface area contributed by atoms with E-state index in [1.54, 1.807) is 0 Å². The fourth-order valence-electron chi connectivity index (χ4n) is 5.15. The average molecular weight is 523 g/mol. The molecule has 1 aliphatic carbocycles. The average Bonchev–Trinajstić information content (AvgIpc) is 2.82. The summed E-state index contributed by atoms with van der Waals surface area (Å²) in [5, 5.41) is 10.5. The molecule has 8 N–H and O–H groups in total. The van der Waals surface area contributed by atoms with Gasteiger partial charge in [-0.05, 0) is 37.8 Å². The van der Waals surface area contributed by atoms with Crippen LogP contribution in [0.2, 0.25) is 0 Å². The van der Waals surface area contributed by atoms with E-state index in [9.17, 15) is 22.4 Å². The highest BCUT2D eigenvalue weighted by Gasteiger charge is 2.48. The summed E-state index contributed by atoms with van der Waals surface area (Å²) in [6.07, 6.45) is 0.0776. The number of aromatic nitrogens is 2. The van der Waals surface area contributed by atoms with Crippen LogP contribution in [-0.4, -0.2) is 46.5 Å². The van der Waals surface area contributed by atoms with Gasteiger partial charge in [-0.25, -0.2) is 9.37 Å². The molecule has 0 bridgehead atoms. The van der Waals surface area contributed by atoms with Crippen molar-refractivity contribution < 1.29 is 22.4 Å². The van der Waals surface area contributed by atoms with Gasteiger partial charge in [0.1, 0.15) is 23.5 Å². The summed E-state index contributed by atoms with van der Waals surface area (Å²) in [6.45, 7) is -0.210. The van der Waals surface area contributed by atoms with Crippen molar-refractivity contribution in [2.24, 2.45) is 11.7 Å². The van der Waals surface area contributed by atoms with Crippen LogP contribution in [0.3, 0.4) is 0 Å². The Morgan fingerprint density at radius 2 is 1.76 bits per heavy atom. The molecule has 0 spiro atoms. The van der Waals surface area contributed by atoms with Gasteiger partial charge in [0.25, 0.3) is 0 Å². The second kappa shape index (κ2) is 10.4. The molecule has 0 radical (unpaired) electrons. The van der Waals surface area contributed by atoms with Crippen LogP contribution in [0.1, 0.15) is 50.5 Å². The molecule has 2 fully saturated rings. The van der Waals surface area contributed by atoms with Crippen molar-refractivity contribution in [3.8, 4) is 11.3 Å². The maximum atomic E-state index is 14.6. The lowest BCUT2D eigenvalue weighted by Crippen LogP contribution is -2.55. The molecule has 1 aromatic carbocycles. The van der Waals surface area contributed by atoms with Crippen molar-refractivity contribution in [3.05, 3.63) is 29.6 Å². The molecular formula is C24H30F4N8O. The molecule has 1 aliphatic heterocycles. The third-order valence-corrected chi connectivity index (χ3v) is 6.99. The molecule has 200 valence electrons. The summed E-state index contributed by atoms with van der Waals surface area (Å²) >= 11 is 0. The third-order valence-electron chi connectivity index (χ3n) is 6.99. The summed E-state index contributed by atoms with van der Waals surface area (Å²) in [6, 6.07) is 1.75. The number of nitrogens with one attached hydrogen (secondary N) is 2. The summed E-state index contributed by atoms with van der Waals surface area (Å²) in [7, 11) is 0. The Balaban J connectivity index is 1.66. The smallest absolute Gasteiger partial charge is 0.398 e. The number of hydrogen-bond acceptors (Lipinski definition) is 7. The van der Waals surface area contributed by atoms with E-state index < -0.39 is 29.8 Å². The fraction of sp³-hybridized carbons (Fsp3) is 0.500. The van der Waals surface area contributed by atoms with Gasteiger partial charge in [0, 0.05) is 29.9 Å². The van der Waals surface area contributed by atoms with Crippen LogP contribution in [-0.2, 0) is 4.79 Å². The van der Waals surface area contributed by atoms with E-state index in [0.717, 1.165) is 43.1 Å². The maximum absolute atomic E-state index is 14.6. The van der Waals surface area contributed by atoms with Crippen LogP contribution < -0.4 is 27.4 Å². The fourth-order valence-corrected chi connectivity index (χ4v) is 5.15. The molecule has 13 heteroatoms. The molecule has 9 nitrogen and oxygen atoms in total. The first kappa shape index (κ1) is 26.4. The third kappa shape index (κ3) is 5.86. The minimum atomic E-state index is -4.58. The van der Waals surface area contributed by atoms with Crippen LogP contribution in [0.15, 0.2) is 18.2 Å². The molecule has 2 aliphatic rings. The number of carbonyl (C=O) groups is 1. The van der Waals surface area contributed by atoms with Gasteiger partial charge in [0.15, 0.2) is 0 Å². The van der Waals surface area contributed by atoms with E-state index in [4.69, 9.17) is 22.6 Å². The van der Waals surface area contributed by atoms with Crippen LogP contribution in [0.5, 0.6) is 0 Å². The topological polar surface area (TPSA) is 160 Å². The first-order chi connectivity index (χ1) is 17.4. The summed E-state index contributed by atoms with van der Waals surface area (Å²) in [4.78, 5) is 22.1. The van der Waals surface area contributed by atoms with Crippen LogP contribution in [0.25, 0.3) is 11.3 Å². The molecule has 1 saturated heterocycles. The van der Waals surface area contributed by atoms with Crippen LogP contribution in [0.4, 0.5) is 35.0 Å². The van der Waals surface area contributed by atoms with Gasteiger partial charge >= 0.3 is 6.18 Å². The molecule has 37 heavy (non-hydrogen) atoms. The first-order valence-corrected chi connectivity index (χ1v) is 12.2. The van der Waals surface area contributed by atoms with E-state index in [1.165, 1.54) is 12.1 Å². The highest BCUT2D eigenvalue weighted by atomic mass is 19.4. The van der Waals surface area contributed by atoms with Gasteiger partial charge in [0.2, 0.25) is 11.9 Å². The Morgan fingerprint density at radius 1 is 1.05 bits per heavy atom. The summed E-state index contributed by atoms with van der Waals surface area (Å²) < 4.78 is 56.6. The van der Waals surface area contributed by atoms with Crippen molar-refractivity contribution in [2.75, 3.05) is 22.9 Å². The Bertz CT molecular complexity index is 1160. The van der Waals surface area contributed by atoms with Crippen molar-refractivity contribution in [1.29, 1.82) is 5.41 Å². The summed E-state index contributed by atoms with van der Waals surface area (Å²) in [5.74, 6) is -2.83. The molecule has 2 atom stereocenters. The number of halogens is 4. The second-order valence-electron chi connectivity index (χ2n) is 9.63. The van der Waals surface area contributed by atoms with Gasteiger partial charge in [-0.2, -0.15) is 18.2 Å². The Labute approximate surface area is 211 Å². The Hall–Kier alpha value is -3.64. The predicted molar refractivity (Wildman–Crippen MR) is 132 cm³/mol. The van der Waals surface area contributed by atoms with E-state index >= 15 is 0 Å². The number of amidine groups is 1. The number of nitrogen functional groups attached to an aromatic ring is 3. The molecule has 2 aromatic rings. The standard InChI is InChI=1S/C24H30F4N8O/c25-15-8-13(9-16(29)20(15)21(30)31)17-10-19(35-23(32)34-17)36-11-12(6-7-18(36)24(26,27)28)22(37)33-14-4-2-1-3-5-14/h8-10,12,14,18H,1-7,11,29H2,(H3,30,31)(H,33,37)(H2,32,34,35). The lowest BCUT2D eigenvalue weighted by atomic mass is 9.90. The zero-order chi connectivity index (χ0) is 26.9. The van der Waals surface area contributed by atoms with Crippen molar-refractivity contribution in [3.63, 3.8) is 0 Å². The zero-order valence-electron chi connectivity index (χ0n) is 20.1. The number of piperidine rings is 1. The van der Waals surface area contributed by atoms with Crippen LogP contribution >= 0.6 is 0 Å². The van der Waals surface area contributed by atoms with E-state index in [1.807, 2.05) is 0 Å². The summed E-state index contributed by atoms with van der Waals surface area (Å²) in [5.41, 5.74) is 16.8. The van der Waals surface area contributed by atoms with Gasteiger partial charge in [-0.1, -0.05) is 19.3 Å².